The second-order valence-corrected chi connectivity index (χ2v) is 5.92. The van der Waals surface area contributed by atoms with Gasteiger partial charge in [-0.2, -0.15) is 0 Å². The van der Waals surface area contributed by atoms with E-state index in [0.29, 0.717) is 19.7 Å². The SMILES string of the molecule is CCOC(=O)/C=C/CN(Cc1ccccc1)CC(C)(C)C=O. The lowest BCUT2D eigenvalue weighted by atomic mass is 9.95. The molecule has 0 spiro atoms. The Morgan fingerprint density at radius 2 is 1.95 bits per heavy atom. The molecule has 0 atom stereocenters. The minimum atomic E-state index is -0.424. The molecule has 120 valence electrons. The summed E-state index contributed by atoms with van der Waals surface area (Å²) in [4.78, 5) is 24.6. The molecule has 22 heavy (non-hydrogen) atoms. The van der Waals surface area contributed by atoms with Gasteiger partial charge >= 0.3 is 5.97 Å². The predicted molar refractivity (Wildman–Crippen MR) is 87.3 cm³/mol. The molecule has 0 heterocycles. The van der Waals surface area contributed by atoms with Gasteiger partial charge in [-0.25, -0.2) is 4.79 Å². The topological polar surface area (TPSA) is 46.6 Å². The van der Waals surface area contributed by atoms with Crippen molar-refractivity contribution < 1.29 is 14.3 Å². The number of rotatable bonds is 9. The molecule has 1 aromatic rings. The van der Waals surface area contributed by atoms with E-state index in [1.165, 1.54) is 11.6 Å². The summed E-state index contributed by atoms with van der Waals surface area (Å²) >= 11 is 0. The summed E-state index contributed by atoms with van der Waals surface area (Å²) in [6, 6.07) is 10.1. The standard InChI is InChI=1S/C18H25NO3/c1-4-22-17(21)11-8-12-19(14-18(2,3)15-20)13-16-9-6-5-7-10-16/h5-11,15H,4,12-14H2,1-3H3/b11-8+. The second kappa shape index (κ2) is 9.15. The smallest absolute Gasteiger partial charge is 0.330 e. The number of benzene rings is 1. The van der Waals surface area contributed by atoms with Crippen LogP contribution in [0.2, 0.25) is 0 Å². The Balaban J connectivity index is 2.69. The maximum atomic E-state index is 11.3. The molecule has 0 amide bonds. The van der Waals surface area contributed by atoms with Gasteiger partial charge in [-0.15, -0.1) is 0 Å². The van der Waals surface area contributed by atoms with Crippen LogP contribution in [0.5, 0.6) is 0 Å². The van der Waals surface area contributed by atoms with Crippen molar-refractivity contribution in [3.63, 3.8) is 0 Å². The summed E-state index contributed by atoms with van der Waals surface area (Å²) in [5, 5.41) is 0. The van der Waals surface area contributed by atoms with Crippen LogP contribution < -0.4 is 0 Å². The Morgan fingerprint density at radius 1 is 1.27 bits per heavy atom. The molecule has 1 aromatic carbocycles. The van der Waals surface area contributed by atoms with E-state index in [2.05, 4.69) is 17.0 Å². The van der Waals surface area contributed by atoms with Crippen LogP contribution in [-0.2, 0) is 20.9 Å². The average molecular weight is 303 g/mol. The minimum absolute atomic E-state index is 0.336. The van der Waals surface area contributed by atoms with Crippen molar-refractivity contribution >= 4 is 12.3 Å². The fourth-order valence-electron chi connectivity index (χ4n) is 2.13. The lowest BCUT2D eigenvalue weighted by Gasteiger charge is -2.28. The number of carbonyl (C=O) groups is 2. The molecule has 0 unspecified atom stereocenters. The quantitative estimate of drug-likeness (QED) is 0.400. The Bertz CT molecular complexity index is 494. The molecule has 4 heteroatoms. The number of ether oxygens (including phenoxy) is 1. The van der Waals surface area contributed by atoms with Crippen LogP contribution in [0, 0.1) is 5.41 Å². The Morgan fingerprint density at radius 3 is 2.55 bits per heavy atom. The van der Waals surface area contributed by atoms with E-state index in [4.69, 9.17) is 4.74 Å². The monoisotopic (exact) mass is 303 g/mol. The molecule has 0 aliphatic heterocycles. The Hall–Kier alpha value is -1.94. The number of esters is 1. The van der Waals surface area contributed by atoms with Crippen LogP contribution in [0.1, 0.15) is 26.3 Å². The summed E-state index contributed by atoms with van der Waals surface area (Å²) in [7, 11) is 0. The molecular weight excluding hydrogens is 278 g/mol. The van der Waals surface area contributed by atoms with Crippen molar-refractivity contribution in [3.8, 4) is 0 Å². The zero-order valence-corrected chi connectivity index (χ0v) is 13.6. The molecular formula is C18H25NO3. The normalized spacial score (nSPS) is 11.8. The molecule has 0 bridgehead atoms. The zero-order chi connectivity index (χ0) is 16.4. The van der Waals surface area contributed by atoms with Crippen LogP contribution in [0.4, 0.5) is 0 Å². The van der Waals surface area contributed by atoms with Gasteiger partial charge in [0.15, 0.2) is 0 Å². The van der Waals surface area contributed by atoms with Crippen LogP contribution in [0.3, 0.4) is 0 Å². The fourth-order valence-corrected chi connectivity index (χ4v) is 2.13. The second-order valence-electron chi connectivity index (χ2n) is 5.92. The van der Waals surface area contributed by atoms with Gasteiger partial charge in [-0.1, -0.05) is 50.3 Å². The molecule has 0 saturated carbocycles. The van der Waals surface area contributed by atoms with Crippen LogP contribution in [0.25, 0.3) is 0 Å². The molecule has 0 fully saturated rings. The molecule has 0 N–H and O–H groups in total. The number of aldehydes is 1. The first kappa shape index (κ1) is 18.1. The van der Waals surface area contributed by atoms with E-state index in [-0.39, 0.29) is 5.97 Å². The van der Waals surface area contributed by atoms with Crippen molar-refractivity contribution in [2.45, 2.75) is 27.3 Å². The van der Waals surface area contributed by atoms with Gasteiger partial charge in [0.1, 0.15) is 6.29 Å². The van der Waals surface area contributed by atoms with Crippen molar-refractivity contribution in [1.29, 1.82) is 0 Å². The largest absolute Gasteiger partial charge is 0.463 e. The molecule has 0 aliphatic rings. The van der Waals surface area contributed by atoms with E-state index in [9.17, 15) is 9.59 Å². The highest BCUT2D eigenvalue weighted by molar-refractivity contribution is 5.81. The van der Waals surface area contributed by atoms with Crippen molar-refractivity contribution in [3.05, 3.63) is 48.0 Å². The molecule has 4 nitrogen and oxygen atoms in total. The van der Waals surface area contributed by atoms with Gasteiger partial charge in [0.05, 0.1) is 6.61 Å². The van der Waals surface area contributed by atoms with Gasteiger partial charge in [0.25, 0.3) is 0 Å². The lowest BCUT2D eigenvalue weighted by Crippen LogP contribution is -2.35. The van der Waals surface area contributed by atoms with Crippen LogP contribution in [-0.4, -0.2) is 36.9 Å². The first-order valence-corrected chi connectivity index (χ1v) is 7.53. The summed E-state index contributed by atoms with van der Waals surface area (Å²) < 4.78 is 4.86. The van der Waals surface area contributed by atoms with Crippen molar-refractivity contribution in [2.24, 2.45) is 5.41 Å². The van der Waals surface area contributed by atoms with E-state index < -0.39 is 5.41 Å². The van der Waals surface area contributed by atoms with E-state index in [1.54, 1.807) is 13.0 Å². The third-order valence-electron chi connectivity index (χ3n) is 3.10. The number of hydrogen-bond acceptors (Lipinski definition) is 4. The van der Waals surface area contributed by atoms with Crippen LogP contribution in [0.15, 0.2) is 42.5 Å². The number of carbonyl (C=O) groups excluding carboxylic acids is 2. The summed E-state index contributed by atoms with van der Waals surface area (Å²) in [6.07, 6.45) is 4.19. The van der Waals surface area contributed by atoms with Crippen molar-refractivity contribution in [1.82, 2.24) is 4.90 Å². The van der Waals surface area contributed by atoms with Gasteiger partial charge < -0.3 is 9.53 Å². The zero-order valence-electron chi connectivity index (χ0n) is 13.6. The maximum Gasteiger partial charge on any atom is 0.330 e. The van der Waals surface area contributed by atoms with Gasteiger partial charge in [0, 0.05) is 31.1 Å². The van der Waals surface area contributed by atoms with Crippen LogP contribution >= 0.6 is 0 Å². The van der Waals surface area contributed by atoms with E-state index >= 15 is 0 Å². The Kier molecular flexibility index (Phi) is 7.54. The van der Waals surface area contributed by atoms with E-state index in [1.807, 2.05) is 32.0 Å². The fraction of sp³-hybridized carbons (Fsp3) is 0.444. The first-order valence-electron chi connectivity index (χ1n) is 7.53. The van der Waals surface area contributed by atoms with Gasteiger partial charge in [-0.3, -0.25) is 4.90 Å². The summed E-state index contributed by atoms with van der Waals surface area (Å²) in [6.45, 7) is 7.91. The third-order valence-corrected chi connectivity index (χ3v) is 3.10. The highest BCUT2D eigenvalue weighted by Gasteiger charge is 2.20. The highest BCUT2D eigenvalue weighted by Crippen LogP contribution is 2.15. The molecule has 0 aromatic heterocycles. The Labute approximate surface area is 132 Å². The van der Waals surface area contributed by atoms with E-state index in [0.717, 1.165) is 12.8 Å². The molecule has 0 aliphatic carbocycles. The lowest BCUT2D eigenvalue weighted by molar-refractivity contribution is -0.137. The highest BCUT2D eigenvalue weighted by atomic mass is 16.5. The summed E-state index contributed by atoms with van der Waals surface area (Å²) in [5.74, 6) is -0.336. The molecule has 0 saturated heterocycles. The maximum absolute atomic E-state index is 11.3. The minimum Gasteiger partial charge on any atom is -0.463 e. The first-order chi connectivity index (χ1) is 10.5. The average Bonchev–Trinajstić information content (AvgIpc) is 2.48. The predicted octanol–water partition coefficient (Wildman–Crippen LogP) is 2.83. The number of nitrogens with zero attached hydrogens (tertiary/aromatic N) is 1. The third kappa shape index (κ3) is 7.18. The van der Waals surface area contributed by atoms with Gasteiger partial charge in [0.2, 0.25) is 0 Å². The molecule has 1 rings (SSSR count). The van der Waals surface area contributed by atoms with Crippen molar-refractivity contribution in [2.75, 3.05) is 19.7 Å². The van der Waals surface area contributed by atoms with Gasteiger partial charge in [-0.05, 0) is 12.5 Å². The summed E-state index contributed by atoms with van der Waals surface area (Å²) in [5.41, 5.74) is 0.751. The number of hydrogen-bond donors (Lipinski definition) is 0. The molecule has 0 radical (unpaired) electrons.